The molecule has 0 radical (unpaired) electrons. The number of aryl methyl sites for hydroxylation is 1. The third-order valence-electron chi connectivity index (χ3n) is 3.73. The Balaban J connectivity index is 1.84. The van der Waals surface area contributed by atoms with Gasteiger partial charge in [-0.05, 0) is 19.8 Å². The van der Waals surface area contributed by atoms with Crippen LogP contribution in [-0.2, 0) is 16.6 Å². The number of nitrogens with zero attached hydrogens (tertiary/aromatic N) is 3. The zero-order valence-corrected chi connectivity index (χ0v) is 15.4. The second kappa shape index (κ2) is 7.87. The van der Waals surface area contributed by atoms with E-state index in [0.717, 1.165) is 9.88 Å². The largest absolute Gasteiger partial charge is 0.511 e. The third-order valence-corrected chi connectivity index (χ3v) is 6.27. The highest BCUT2D eigenvalue weighted by Gasteiger charge is 2.50. The SMILES string of the molecule is CN=C(NCc1ncc(C)s1)NC1CCN(S(=O)(=O)C(F)(F)F)CC1. The number of piperidine rings is 1. The van der Waals surface area contributed by atoms with Crippen LogP contribution in [0, 0.1) is 6.92 Å². The maximum absolute atomic E-state index is 12.6. The monoisotopic (exact) mass is 399 g/mol. The van der Waals surface area contributed by atoms with Crippen LogP contribution >= 0.6 is 11.3 Å². The van der Waals surface area contributed by atoms with Gasteiger partial charge in [0.05, 0.1) is 6.54 Å². The highest BCUT2D eigenvalue weighted by molar-refractivity contribution is 7.90. The van der Waals surface area contributed by atoms with Crippen LogP contribution in [0.2, 0.25) is 0 Å². The van der Waals surface area contributed by atoms with Crippen LogP contribution < -0.4 is 10.6 Å². The van der Waals surface area contributed by atoms with Crippen molar-refractivity contribution in [3.63, 3.8) is 0 Å². The van der Waals surface area contributed by atoms with Crippen molar-refractivity contribution in [2.24, 2.45) is 4.99 Å². The number of sulfonamides is 1. The Hall–Kier alpha value is -1.40. The van der Waals surface area contributed by atoms with Gasteiger partial charge in [0.15, 0.2) is 5.96 Å². The first-order chi connectivity index (χ1) is 11.6. The summed E-state index contributed by atoms with van der Waals surface area (Å²) < 4.78 is 61.0. The lowest BCUT2D eigenvalue weighted by Crippen LogP contribution is -2.51. The van der Waals surface area contributed by atoms with Gasteiger partial charge < -0.3 is 10.6 Å². The molecule has 12 heteroatoms. The molecule has 1 aromatic rings. The predicted octanol–water partition coefficient (Wildman–Crippen LogP) is 1.43. The fourth-order valence-corrected chi connectivity index (χ4v) is 4.13. The van der Waals surface area contributed by atoms with Gasteiger partial charge in [0, 0.05) is 37.3 Å². The lowest BCUT2D eigenvalue weighted by molar-refractivity contribution is -0.0494. The second-order valence-corrected chi connectivity index (χ2v) is 8.81. The molecule has 2 N–H and O–H groups in total. The summed E-state index contributed by atoms with van der Waals surface area (Å²) in [6, 6.07) is -0.149. The first kappa shape index (κ1) is 19.9. The van der Waals surface area contributed by atoms with E-state index in [0.29, 0.717) is 16.8 Å². The molecule has 0 aromatic carbocycles. The third kappa shape index (κ3) is 5.05. The van der Waals surface area contributed by atoms with Gasteiger partial charge in [-0.1, -0.05) is 0 Å². The van der Waals surface area contributed by atoms with Gasteiger partial charge in [0.1, 0.15) is 5.01 Å². The molecule has 0 amide bonds. The summed E-state index contributed by atoms with van der Waals surface area (Å²) in [7, 11) is -3.66. The smallest absolute Gasteiger partial charge is 0.354 e. The van der Waals surface area contributed by atoms with E-state index in [1.165, 1.54) is 0 Å². The molecule has 0 saturated carbocycles. The van der Waals surface area contributed by atoms with Crippen molar-refractivity contribution in [1.29, 1.82) is 0 Å². The van der Waals surface area contributed by atoms with E-state index >= 15 is 0 Å². The van der Waals surface area contributed by atoms with Crippen LogP contribution in [0.15, 0.2) is 11.2 Å². The minimum atomic E-state index is -5.25. The summed E-state index contributed by atoms with van der Waals surface area (Å²) >= 11 is 1.56. The molecule has 2 rings (SSSR count). The Morgan fingerprint density at radius 2 is 2.08 bits per heavy atom. The van der Waals surface area contributed by atoms with E-state index in [9.17, 15) is 21.6 Å². The van der Waals surface area contributed by atoms with Crippen molar-refractivity contribution in [2.75, 3.05) is 20.1 Å². The average Bonchev–Trinajstić information content (AvgIpc) is 2.96. The van der Waals surface area contributed by atoms with E-state index < -0.39 is 15.5 Å². The number of thiazole rings is 1. The van der Waals surface area contributed by atoms with E-state index in [1.807, 2.05) is 6.92 Å². The maximum Gasteiger partial charge on any atom is 0.511 e. The van der Waals surface area contributed by atoms with Crippen LogP contribution in [0.3, 0.4) is 0 Å². The first-order valence-electron chi connectivity index (χ1n) is 7.58. The van der Waals surface area contributed by atoms with Gasteiger partial charge in [0.25, 0.3) is 0 Å². The number of aliphatic imine (C=N–C) groups is 1. The van der Waals surface area contributed by atoms with Gasteiger partial charge in [-0.15, -0.1) is 11.3 Å². The molecule has 142 valence electrons. The number of hydrogen-bond donors (Lipinski definition) is 2. The molecule has 1 aliphatic heterocycles. The zero-order chi connectivity index (χ0) is 18.7. The minimum absolute atomic E-state index is 0.149. The fraction of sp³-hybridized carbons (Fsp3) is 0.692. The maximum atomic E-state index is 12.6. The molecule has 1 aliphatic rings. The molecule has 1 aromatic heterocycles. The summed E-state index contributed by atoms with van der Waals surface area (Å²) in [4.78, 5) is 9.39. The fourth-order valence-electron chi connectivity index (χ4n) is 2.42. The molecule has 1 saturated heterocycles. The molecule has 1 fully saturated rings. The van der Waals surface area contributed by atoms with E-state index in [-0.39, 0.29) is 32.0 Å². The number of rotatable bonds is 4. The lowest BCUT2D eigenvalue weighted by atomic mass is 10.1. The zero-order valence-electron chi connectivity index (χ0n) is 13.8. The molecule has 0 spiro atoms. The molecule has 0 bridgehead atoms. The van der Waals surface area contributed by atoms with Crippen LogP contribution in [0.1, 0.15) is 22.7 Å². The van der Waals surface area contributed by atoms with Gasteiger partial charge in [0.2, 0.25) is 0 Å². The van der Waals surface area contributed by atoms with Crippen molar-refractivity contribution in [3.05, 3.63) is 16.1 Å². The van der Waals surface area contributed by atoms with Gasteiger partial charge in [-0.25, -0.2) is 13.4 Å². The highest BCUT2D eigenvalue weighted by Crippen LogP contribution is 2.28. The number of guanidine groups is 1. The average molecular weight is 399 g/mol. The summed E-state index contributed by atoms with van der Waals surface area (Å²) in [6.45, 7) is 2.08. The molecular weight excluding hydrogens is 379 g/mol. The van der Waals surface area contributed by atoms with E-state index in [4.69, 9.17) is 0 Å². The number of nitrogens with one attached hydrogen (secondary N) is 2. The van der Waals surface area contributed by atoms with Crippen LogP contribution in [-0.4, -0.2) is 55.4 Å². The number of halogens is 3. The van der Waals surface area contributed by atoms with Crippen molar-refractivity contribution >= 4 is 27.3 Å². The van der Waals surface area contributed by atoms with Crippen LogP contribution in [0.5, 0.6) is 0 Å². The lowest BCUT2D eigenvalue weighted by Gasteiger charge is -2.32. The summed E-state index contributed by atoms with van der Waals surface area (Å²) in [5.41, 5.74) is -5.25. The van der Waals surface area contributed by atoms with E-state index in [1.54, 1.807) is 24.6 Å². The molecule has 0 aliphatic carbocycles. The number of alkyl halides is 3. The highest BCUT2D eigenvalue weighted by atomic mass is 32.2. The Kier molecular flexibility index (Phi) is 6.27. The number of hydrogen-bond acceptors (Lipinski definition) is 5. The summed E-state index contributed by atoms with van der Waals surface area (Å²) in [5.74, 6) is 0.505. The summed E-state index contributed by atoms with van der Waals surface area (Å²) in [6.07, 6.45) is 2.31. The van der Waals surface area contributed by atoms with E-state index in [2.05, 4.69) is 20.6 Å². The molecule has 25 heavy (non-hydrogen) atoms. The molecule has 0 unspecified atom stereocenters. The Labute approximate surface area is 148 Å². The molecule has 0 atom stereocenters. The van der Waals surface area contributed by atoms with Crippen molar-refractivity contribution in [3.8, 4) is 0 Å². The predicted molar refractivity (Wildman–Crippen MR) is 89.8 cm³/mol. The Bertz CT molecular complexity index is 709. The van der Waals surface area contributed by atoms with Gasteiger partial charge in [-0.3, -0.25) is 4.99 Å². The molecular formula is C13H20F3N5O2S2. The van der Waals surface area contributed by atoms with Crippen molar-refractivity contribution < 1.29 is 21.6 Å². The number of aromatic nitrogens is 1. The Morgan fingerprint density at radius 1 is 1.44 bits per heavy atom. The van der Waals surface area contributed by atoms with Crippen molar-refractivity contribution in [2.45, 2.75) is 37.9 Å². The van der Waals surface area contributed by atoms with Gasteiger partial charge >= 0.3 is 15.5 Å². The Morgan fingerprint density at radius 3 is 2.56 bits per heavy atom. The normalized spacial score (nSPS) is 18.4. The quantitative estimate of drug-likeness (QED) is 0.591. The summed E-state index contributed by atoms with van der Waals surface area (Å²) in [5, 5.41) is 7.09. The minimum Gasteiger partial charge on any atom is -0.354 e. The standard InChI is InChI=1S/C13H20F3N5O2S2/c1-9-7-18-11(24-9)8-19-12(17-2)20-10-3-5-21(6-4-10)25(22,23)13(14,15)16/h7,10H,3-6,8H2,1-2H3,(H2,17,19,20). The second-order valence-electron chi connectivity index (χ2n) is 5.56. The molecule has 7 nitrogen and oxygen atoms in total. The first-order valence-corrected chi connectivity index (χ1v) is 9.84. The molecule has 2 heterocycles. The topological polar surface area (TPSA) is 86.7 Å². The van der Waals surface area contributed by atoms with Crippen LogP contribution in [0.4, 0.5) is 13.2 Å². The van der Waals surface area contributed by atoms with Crippen molar-refractivity contribution in [1.82, 2.24) is 19.9 Å². The van der Waals surface area contributed by atoms with Gasteiger partial charge in [-0.2, -0.15) is 17.5 Å². The van der Waals surface area contributed by atoms with Crippen LogP contribution in [0.25, 0.3) is 0 Å².